The minimum Gasteiger partial charge on any atom is -0.367 e. The molecule has 2 aromatic heterocycles. The van der Waals surface area contributed by atoms with Crippen LogP contribution in [0.1, 0.15) is 43.6 Å². The molecule has 0 atom stereocenters. The zero-order valence-electron chi connectivity index (χ0n) is 13.8. The van der Waals surface area contributed by atoms with E-state index in [1.807, 2.05) is 25.1 Å². The van der Waals surface area contributed by atoms with Crippen LogP contribution in [0.25, 0.3) is 0 Å². The molecule has 2 N–H and O–H groups in total. The van der Waals surface area contributed by atoms with Crippen molar-refractivity contribution < 1.29 is 0 Å². The van der Waals surface area contributed by atoms with Gasteiger partial charge in [0.1, 0.15) is 5.82 Å². The highest BCUT2D eigenvalue weighted by molar-refractivity contribution is 5.50. The van der Waals surface area contributed by atoms with Gasteiger partial charge < -0.3 is 10.6 Å². The SMILES string of the molecule is CCC(CC)Nc1nc(NCc2ccccn2)nc(C)c1C. The molecule has 0 aliphatic heterocycles. The Hall–Kier alpha value is -2.17. The second kappa shape index (κ2) is 7.73. The standard InChI is InChI=1S/C17H25N5/c1-5-14(6-2)21-16-12(3)13(4)20-17(22-16)19-11-15-9-7-8-10-18-15/h7-10,14H,5-6,11H2,1-4H3,(H2,19,20,21,22). The van der Waals surface area contributed by atoms with E-state index in [2.05, 4.69) is 46.4 Å². The number of rotatable bonds is 7. The van der Waals surface area contributed by atoms with Crippen LogP contribution in [0, 0.1) is 13.8 Å². The summed E-state index contributed by atoms with van der Waals surface area (Å²) in [6, 6.07) is 6.31. The Kier molecular flexibility index (Phi) is 5.69. The molecule has 0 saturated heterocycles. The Morgan fingerprint density at radius 1 is 1.09 bits per heavy atom. The molecular formula is C17H25N5. The molecular weight excluding hydrogens is 274 g/mol. The van der Waals surface area contributed by atoms with Gasteiger partial charge in [-0.15, -0.1) is 0 Å². The highest BCUT2D eigenvalue weighted by Crippen LogP contribution is 2.19. The summed E-state index contributed by atoms with van der Waals surface area (Å²) in [6.07, 6.45) is 3.95. The minimum absolute atomic E-state index is 0.441. The Morgan fingerprint density at radius 3 is 2.50 bits per heavy atom. The fraction of sp³-hybridized carbons (Fsp3) is 0.471. The second-order valence-electron chi connectivity index (χ2n) is 5.44. The van der Waals surface area contributed by atoms with E-state index in [1.54, 1.807) is 6.20 Å². The van der Waals surface area contributed by atoms with Crippen molar-refractivity contribution in [2.75, 3.05) is 10.6 Å². The van der Waals surface area contributed by atoms with E-state index in [4.69, 9.17) is 0 Å². The maximum atomic E-state index is 4.62. The summed E-state index contributed by atoms with van der Waals surface area (Å²) in [5, 5.41) is 6.77. The van der Waals surface area contributed by atoms with Gasteiger partial charge in [-0.05, 0) is 38.8 Å². The smallest absolute Gasteiger partial charge is 0.225 e. The quantitative estimate of drug-likeness (QED) is 0.816. The van der Waals surface area contributed by atoms with Crippen LogP contribution >= 0.6 is 0 Å². The lowest BCUT2D eigenvalue weighted by molar-refractivity contribution is 0.667. The normalized spacial score (nSPS) is 10.8. The van der Waals surface area contributed by atoms with Crippen molar-refractivity contribution in [1.29, 1.82) is 0 Å². The predicted octanol–water partition coefficient (Wildman–Crippen LogP) is 3.70. The summed E-state index contributed by atoms with van der Waals surface area (Å²) in [4.78, 5) is 13.4. The average Bonchev–Trinajstić information content (AvgIpc) is 2.55. The van der Waals surface area contributed by atoms with Gasteiger partial charge in [-0.25, -0.2) is 4.98 Å². The van der Waals surface area contributed by atoms with Crippen LogP contribution in [0.15, 0.2) is 24.4 Å². The summed E-state index contributed by atoms with van der Waals surface area (Å²) in [7, 11) is 0. The zero-order chi connectivity index (χ0) is 15.9. The van der Waals surface area contributed by atoms with Gasteiger partial charge in [0.05, 0.1) is 12.2 Å². The van der Waals surface area contributed by atoms with Crippen LogP contribution in [0.3, 0.4) is 0 Å². The van der Waals surface area contributed by atoms with Crippen LogP contribution in [0.4, 0.5) is 11.8 Å². The highest BCUT2D eigenvalue weighted by Gasteiger charge is 2.11. The molecule has 0 aliphatic carbocycles. The lowest BCUT2D eigenvalue weighted by Crippen LogP contribution is -2.20. The second-order valence-corrected chi connectivity index (χ2v) is 5.44. The molecule has 2 rings (SSSR count). The van der Waals surface area contributed by atoms with Crippen LogP contribution in [-0.4, -0.2) is 21.0 Å². The van der Waals surface area contributed by atoms with Gasteiger partial charge in [-0.1, -0.05) is 19.9 Å². The first-order chi connectivity index (χ1) is 10.6. The molecule has 0 unspecified atom stereocenters. The van der Waals surface area contributed by atoms with E-state index in [0.717, 1.165) is 35.6 Å². The lowest BCUT2D eigenvalue weighted by atomic mass is 10.1. The van der Waals surface area contributed by atoms with E-state index in [-0.39, 0.29) is 0 Å². The fourth-order valence-electron chi connectivity index (χ4n) is 2.21. The minimum atomic E-state index is 0.441. The topological polar surface area (TPSA) is 62.7 Å². The predicted molar refractivity (Wildman–Crippen MR) is 91.1 cm³/mol. The van der Waals surface area contributed by atoms with E-state index < -0.39 is 0 Å². The molecule has 0 fully saturated rings. The third-order valence-electron chi connectivity index (χ3n) is 3.87. The molecule has 0 radical (unpaired) electrons. The number of hydrogen-bond acceptors (Lipinski definition) is 5. The van der Waals surface area contributed by atoms with Crippen LogP contribution in [-0.2, 0) is 6.54 Å². The van der Waals surface area contributed by atoms with Gasteiger partial charge in [0.15, 0.2) is 0 Å². The van der Waals surface area contributed by atoms with Crippen molar-refractivity contribution in [2.24, 2.45) is 0 Å². The summed E-state index contributed by atoms with van der Waals surface area (Å²) in [5.41, 5.74) is 3.07. The van der Waals surface area contributed by atoms with Crippen molar-refractivity contribution in [3.8, 4) is 0 Å². The first-order valence-electron chi connectivity index (χ1n) is 7.89. The van der Waals surface area contributed by atoms with Gasteiger partial charge >= 0.3 is 0 Å². The molecule has 22 heavy (non-hydrogen) atoms. The van der Waals surface area contributed by atoms with Gasteiger partial charge in [-0.2, -0.15) is 4.98 Å². The van der Waals surface area contributed by atoms with Gasteiger partial charge in [-0.3, -0.25) is 4.98 Å². The molecule has 118 valence electrons. The average molecular weight is 299 g/mol. The Labute approximate surface area is 132 Å². The maximum Gasteiger partial charge on any atom is 0.225 e. The first-order valence-corrected chi connectivity index (χ1v) is 7.89. The van der Waals surface area contributed by atoms with Gasteiger partial charge in [0.25, 0.3) is 0 Å². The van der Waals surface area contributed by atoms with E-state index in [0.29, 0.717) is 18.5 Å². The molecule has 0 aliphatic rings. The fourth-order valence-corrected chi connectivity index (χ4v) is 2.21. The molecule has 2 aromatic rings. The Morgan fingerprint density at radius 2 is 1.86 bits per heavy atom. The van der Waals surface area contributed by atoms with E-state index in [9.17, 15) is 0 Å². The Bertz CT molecular complexity index is 593. The molecule has 2 heterocycles. The summed E-state index contributed by atoms with van der Waals surface area (Å²) in [6.45, 7) is 9.06. The third kappa shape index (κ3) is 4.16. The molecule has 0 aromatic carbocycles. The van der Waals surface area contributed by atoms with Crippen LogP contribution in [0.5, 0.6) is 0 Å². The summed E-state index contributed by atoms with van der Waals surface area (Å²) < 4.78 is 0. The molecule has 5 nitrogen and oxygen atoms in total. The maximum absolute atomic E-state index is 4.62. The van der Waals surface area contributed by atoms with Crippen molar-refractivity contribution in [2.45, 2.75) is 53.1 Å². The third-order valence-corrected chi connectivity index (χ3v) is 3.87. The number of hydrogen-bond donors (Lipinski definition) is 2. The Balaban J connectivity index is 2.13. The van der Waals surface area contributed by atoms with E-state index >= 15 is 0 Å². The molecule has 0 saturated carbocycles. The van der Waals surface area contributed by atoms with Crippen LogP contribution in [0.2, 0.25) is 0 Å². The van der Waals surface area contributed by atoms with Crippen molar-refractivity contribution in [1.82, 2.24) is 15.0 Å². The van der Waals surface area contributed by atoms with Gasteiger partial charge in [0, 0.05) is 23.5 Å². The van der Waals surface area contributed by atoms with Crippen molar-refractivity contribution in [3.63, 3.8) is 0 Å². The van der Waals surface area contributed by atoms with E-state index in [1.165, 1.54) is 0 Å². The number of nitrogens with zero attached hydrogens (tertiary/aromatic N) is 3. The highest BCUT2D eigenvalue weighted by atomic mass is 15.2. The number of aromatic nitrogens is 3. The monoisotopic (exact) mass is 299 g/mol. The number of anilines is 2. The lowest BCUT2D eigenvalue weighted by Gasteiger charge is -2.18. The van der Waals surface area contributed by atoms with Gasteiger partial charge in [0.2, 0.25) is 5.95 Å². The van der Waals surface area contributed by atoms with Crippen molar-refractivity contribution >= 4 is 11.8 Å². The largest absolute Gasteiger partial charge is 0.367 e. The number of aryl methyl sites for hydroxylation is 1. The summed E-state index contributed by atoms with van der Waals surface area (Å²) >= 11 is 0. The molecule has 0 bridgehead atoms. The molecule has 0 amide bonds. The van der Waals surface area contributed by atoms with Crippen LogP contribution < -0.4 is 10.6 Å². The molecule has 5 heteroatoms. The first kappa shape index (κ1) is 16.2. The zero-order valence-corrected chi connectivity index (χ0v) is 13.8. The number of pyridine rings is 1. The summed E-state index contributed by atoms with van der Waals surface area (Å²) in [5.74, 6) is 1.56. The van der Waals surface area contributed by atoms with Crippen molar-refractivity contribution in [3.05, 3.63) is 41.3 Å². The molecule has 0 spiro atoms. The number of nitrogens with one attached hydrogen (secondary N) is 2.